The van der Waals surface area contributed by atoms with Gasteiger partial charge >= 0.3 is 0 Å². The molecule has 0 radical (unpaired) electrons. The fourth-order valence-electron chi connectivity index (χ4n) is 2.54. The Morgan fingerprint density at radius 1 is 1.25 bits per heavy atom. The Balaban J connectivity index is 1.89. The summed E-state index contributed by atoms with van der Waals surface area (Å²) in [5.74, 6) is -1.38. The van der Waals surface area contributed by atoms with Gasteiger partial charge in [0.25, 0.3) is 5.91 Å². The summed E-state index contributed by atoms with van der Waals surface area (Å²) >= 11 is 1.24. The van der Waals surface area contributed by atoms with Crippen molar-refractivity contribution in [1.82, 2.24) is 9.29 Å². The summed E-state index contributed by atoms with van der Waals surface area (Å²) in [6.45, 7) is 0.745. The molecule has 1 N–H and O–H groups in total. The molecular weight excluding hydrogens is 353 g/mol. The molecule has 1 amide bonds. The quantitative estimate of drug-likeness (QED) is 0.899. The largest absolute Gasteiger partial charge is 0.298 e. The van der Waals surface area contributed by atoms with E-state index in [-0.39, 0.29) is 5.56 Å². The lowest BCUT2D eigenvalue weighted by Gasteiger charge is -2.26. The van der Waals surface area contributed by atoms with Crippen molar-refractivity contribution in [2.75, 3.05) is 18.4 Å². The van der Waals surface area contributed by atoms with Crippen molar-refractivity contribution >= 4 is 32.4 Å². The fraction of sp³-hybridized carbons (Fsp3) is 0.333. The van der Waals surface area contributed by atoms with E-state index in [1.165, 1.54) is 27.9 Å². The number of piperidine rings is 1. The van der Waals surface area contributed by atoms with E-state index >= 15 is 0 Å². The van der Waals surface area contributed by atoms with Crippen molar-refractivity contribution in [1.29, 1.82) is 0 Å². The van der Waals surface area contributed by atoms with Crippen LogP contribution in [0.25, 0.3) is 0 Å². The second-order valence-electron chi connectivity index (χ2n) is 5.40. The standard InChI is InChI=1S/C15H16FN3O3S2/c16-12-5-4-11(14(20)18-15-17-6-9-23-15)10-13(12)24(21,22)19-7-2-1-3-8-19/h4-6,9-10H,1-3,7-8H2,(H,17,18,20). The third-order valence-electron chi connectivity index (χ3n) is 3.78. The molecule has 0 spiro atoms. The van der Waals surface area contributed by atoms with E-state index in [1.807, 2.05) is 0 Å². The Bertz CT molecular complexity index is 832. The average molecular weight is 369 g/mol. The van der Waals surface area contributed by atoms with E-state index in [9.17, 15) is 17.6 Å². The maximum absolute atomic E-state index is 14.1. The lowest BCUT2D eigenvalue weighted by molar-refractivity contribution is 0.102. The van der Waals surface area contributed by atoms with Gasteiger partial charge < -0.3 is 0 Å². The van der Waals surface area contributed by atoms with Gasteiger partial charge in [0.1, 0.15) is 10.7 Å². The van der Waals surface area contributed by atoms with Crippen LogP contribution in [0.2, 0.25) is 0 Å². The van der Waals surface area contributed by atoms with Crippen molar-refractivity contribution in [2.24, 2.45) is 0 Å². The normalized spacial score (nSPS) is 16.0. The summed E-state index contributed by atoms with van der Waals surface area (Å²) in [5.41, 5.74) is 0.0715. The van der Waals surface area contributed by atoms with Crippen LogP contribution in [0.3, 0.4) is 0 Å². The number of thiazole rings is 1. The maximum atomic E-state index is 14.1. The summed E-state index contributed by atoms with van der Waals surface area (Å²) in [6, 6.07) is 3.35. The smallest absolute Gasteiger partial charge is 0.257 e. The third-order valence-corrected chi connectivity index (χ3v) is 6.38. The highest BCUT2D eigenvalue weighted by Crippen LogP contribution is 2.24. The molecule has 2 aromatic rings. The molecule has 9 heteroatoms. The Morgan fingerprint density at radius 3 is 2.67 bits per heavy atom. The first-order valence-corrected chi connectivity index (χ1v) is 9.81. The highest BCUT2D eigenvalue weighted by Gasteiger charge is 2.29. The van der Waals surface area contributed by atoms with E-state index in [4.69, 9.17) is 0 Å². The van der Waals surface area contributed by atoms with Crippen LogP contribution < -0.4 is 5.32 Å². The second kappa shape index (κ2) is 6.96. The van der Waals surface area contributed by atoms with Crippen LogP contribution in [0.1, 0.15) is 29.6 Å². The van der Waals surface area contributed by atoms with Crippen LogP contribution in [0, 0.1) is 5.82 Å². The van der Waals surface area contributed by atoms with Crippen LogP contribution in [0.15, 0.2) is 34.7 Å². The van der Waals surface area contributed by atoms with Crippen LogP contribution in [0.5, 0.6) is 0 Å². The van der Waals surface area contributed by atoms with E-state index < -0.39 is 26.6 Å². The lowest BCUT2D eigenvalue weighted by atomic mass is 10.2. The predicted molar refractivity (Wildman–Crippen MR) is 89.1 cm³/mol. The summed E-state index contributed by atoms with van der Waals surface area (Å²) in [7, 11) is -3.95. The minimum absolute atomic E-state index is 0.0715. The zero-order valence-corrected chi connectivity index (χ0v) is 14.4. The Morgan fingerprint density at radius 2 is 2.00 bits per heavy atom. The molecule has 1 saturated heterocycles. The molecule has 3 rings (SSSR count). The highest BCUT2D eigenvalue weighted by molar-refractivity contribution is 7.89. The Labute approximate surface area is 143 Å². The molecule has 1 aromatic heterocycles. The van der Waals surface area contributed by atoms with Gasteiger partial charge in [-0.1, -0.05) is 6.42 Å². The van der Waals surface area contributed by atoms with Gasteiger partial charge in [0.15, 0.2) is 5.13 Å². The number of hydrogen-bond acceptors (Lipinski definition) is 5. The van der Waals surface area contributed by atoms with Gasteiger partial charge in [-0.3, -0.25) is 10.1 Å². The number of rotatable bonds is 4. The number of anilines is 1. The van der Waals surface area contributed by atoms with Gasteiger partial charge in [-0.05, 0) is 31.0 Å². The van der Waals surface area contributed by atoms with Crippen molar-refractivity contribution in [3.8, 4) is 0 Å². The molecule has 0 atom stereocenters. The van der Waals surface area contributed by atoms with Gasteiger partial charge in [0.2, 0.25) is 10.0 Å². The first-order valence-electron chi connectivity index (χ1n) is 7.49. The molecule has 0 bridgehead atoms. The molecule has 24 heavy (non-hydrogen) atoms. The lowest BCUT2D eigenvalue weighted by Crippen LogP contribution is -2.36. The minimum Gasteiger partial charge on any atom is -0.298 e. The summed E-state index contributed by atoms with van der Waals surface area (Å²) in [6.07, 6.45) is 4.01. The summed E-state index contributed by atoms with van der Waals surface area (Å²) in [4.78, 5) is 15.7. The van der Waals surface area contributed by atoms with Crippen LogP contribution in [-0.4, -0.2) is 36.7 Å². The monoisotopic (exact) mass is 369 g/mol. The van der Waals surface area contributed by atoms with E-state index in [0.717, 1.165) is 31.4 Å². The van der Waals surface area contributed by atoms with Gasteiger partial charge in [-0.25, -0.2) is 17.8 Å². The maximum Gasteiger partial charge on any atom is 0.257 e. The SMILES string of the molecule is O=C(Nc1nccs1)c1ccc(F)c(S(=O)(=O)N2CCCCC2)c1. The van der Waals surface area contributed by atoms with Gasteiger partial charge in [0.05, 0.1) is 0 Å². The second-order valence-corrected chi connectivity index (χ2v) is 8.20. The van der Waals surface area contributed by atoms with Crippen LogP contribution >= 0.6 is 11.3 Å². The number of aromatic nitrogens is 1. The highest BCUT2D eigenvalue weighted by atomic mass is 32.2. The van der Waals surface area contributed by atoms with E-state index in [0.29, 0.717) is 18.2 Å². The van der Waals surface area contributed by atoms with Gasteiger partial charge in [0, 0.05) is 30.2 Å². The topological polar surface area (TPSA) is 79.4 Å². The molecule has 2 heterocycles. The number of sulfonamides is 1. The summed E-state index contributed by atoms with van der Waals surface area (Å²) < 4.78 is 40.7. The molecule has 1 aromatic carbocycles. The summed E-state index contributed by atoms with van der Waals surface area (Å²) in [5, 5.41) is 4.65. The molecular formula is C15H16FN3O3S2. The van der Waals surface area contributed by atoms with Crippen LogP contribution in [0.4, 0.5) is 9.52 Å². The number of carbonyl (C=O) groups is 1. The van der Waals surface area contributed by atoms with E-state index in [2.05, 4.69) is 10.3 Å². The molecule has 0 saturated carbocycles. The first-order chi connectivity index (χ1) is 11.5. The number of halogens is 1. The molecule has 1 aliphatic rings. The van der Waals surface area contributed by atoms with Gasteiger partial charge in [-0.2, -0.15) is 4.31 Å². The molecule has 1 fully saturated rings. The van der Waals surface area contributed by atoms with E-state index in [1.54, 1.807) is 5.38 Å². The molecule has 0 unspecified atom stereocenters. The minimum atomic E-state index is -3.95. The molecule has 1 aliphatic heterocycles. The first kappa shape index (κ1) is 17.0. The molecule has 6 nitrogen and oxygen atoms in total. The number of hydrogen-bond donors (Lipinski definition) is 1. The number of amides is 1. The van der Waals surface area contributed by atoms with Crippen molar-refractivity contribution < 1.29 is 17.6 Å². The molecule has 0 aliphatic carbocycles. The molecule has 128 valence electrons. The average Bonchev–Trinajstić information content (AvgIpc) is 3.09. The predicted octanol–water partition coefficient (Wildman–Crippen LogP) is 2.71. The Kier molecular flexibility index (Phi) is 4.93. The van der Waals surface area contributed by atoms with Crippen molar-refractivity contribution in [2.45, 2.75) is 24.2 Å². The Hall–Kier alpha value is -1.84. The number of nitrogens with zero attached hydrogens (tertiary/aromatic N) is 2. The zero-order valence-electron chi connectivity index (χ0n) is 12.7. The third kappa shape index (κ3) is 3.47. The number of nitrogens with one attached hydrogen (secondary N) is 1. The van der Waals surface area contributed by atoms with Crippen molar-refractivity contribution in [3.05, 3.63) is 41.2 Å². The zero-order chi connectivity index (χ0) is 17.2. The number of carbonyl (C=O) groups excluding carboxylic acids is 1. The fourth-order valence-corrected chi connectivity index (χ4v) is 4.67. The van der Waals surface area contributed by atoms with Crippen molar-refractivity contribution in [3.63, 3.8) is 0 Å². The number of benzene rings is 1. The van der Waals surface area contributed by atoms with Crippen LogP contribution in [-0.2, 0) is 10.0 Å². The van der Waals surface area contributed by atoms with Gasteiger partial charge in [-0.15, -0.1) is 11.3 Å².